The number of nitrogens with one attached hydrogen (secondary N) is 1. The number of nitrogens with zero attached hydrogens (tertiary/aromatic N) is 6. The number of anilines is 2. The first kappa shape index (κ1) is 39.6. The molecule has 0 aliphatic heterocycles. The van der Waals surface area contributed by atoms with Gasteiger partial charge in [-0.1, -0.05) is 66.7 Å². The van der Waals surface area contributed by atoms with Crippen molar-refractivity contribution in [1.29, 1.82) is 0 Å². The number of hydrogen-bond acceptors (Lipinski definition) is 14. The minimum absolute atomic E-state index is 0. The number of sulfone groups is 1. The maximum absolute atomic E-state index is 14.6. The van der Waals surface area contributed by atoms with E-state index < -0.39 is 57.8 Å². The number of fused-ring (bicyclic) bond motifs is 1. The fourth-order valence-electron chi connectivity index (χ4n) is 5.43. The number of nitro benzene ring substituents is 1. The summed E-state index contributed by atoms with van der Waals surface area (Å²) in [5.41, 5.74) is -0.434. The van der Waals surface area contributed by atoms with E-state index in [9.17, 15) is 36.6 Å². The van der Waals surface area contributed by atoms with E-state index in [1.807, 2.05) is 0 Å². The topological polar surface area (TPSA) is 230 Å². The first-order chi connectivity index (χ1) is 24.7. The number of rotatable bonds is 11. The molecule has 53 heavy (non-hydrogen) atoms. The molecule has 1 heterocycles. The molecule has 2 N–H and O–H groups in total. The van der Waals surface area contributed by atoms with Crippen LogP contribution >= 0.6 is 23.2 Å². The SMILES string of the molecule is O=[N+]([O-])c1ccccc1C(CS(=O)(=O)c1cc2cc(S(=O)(=O)[O-])c(N=Nc3ccccc3)c(O)c2cc1Nc1nc(Cl)nc(Cl)n1)c1ccccc1.[Na+]. The summed E-state index contributed by atoms with van der Waals surface area (Å²) >= 11 is 11.9. The van der Waals surface area contributed by atoms with Crippen LogP contribution in [0.25, 0.3) is 10.8 Å². The van der Waals surface area contributed by atoms with Crippen molar-refractivity contribution in [3.8, 4) is 5.75 Å². The van der Waals surface area contributed by atoms with Gasteiger partial charge >= 0.3 is 29.6 Å². The zero-order valence-electron chi connectivity index (χ0n) is 27.2. The van der Waals surface area contributed by atoms with Crippen molar-refractivity contribution < 1.29 is 61.0 Å². The standard InChI is InChI=1S/C33H23Cl2N7O8S2.Na/c34-31-37-32(35)39-33(38-31)36-25-17-23-20(16-28(52(48,49)50)29(30(23)43)41-40-21-11-5-2-6-12-21)15-27(25)51(46,47)18-24(19-9-3-1-4-10-19)22-13-7-8-14-26(22)42(44)45;/h1-17,24,43H,18H2,(H,48,49,50)(H,36,37,38,39);/q;+1/p-1. The molecule has 0 saturated carbocycles. The summed E-state index contributed by atoms with van der Waals surface area (Å²) in [6.45, 7) is 0. The van der Waals surface area contributed by atoms with Crippen molar-refractivity contribution in [1.82, 2.24) is 15.0 Å². The number of nitro groups is 1. The molecule has 1 aromatic heterocycles. The zero-order valence-corrected chi connectivity index (χ0v) is 32.3. The number of phenols is 1. The minimum Gasteiger partial charge on any atom is -0.744 e. The van der Waals surface area contributed by atoms with Gasteiger partial charge < -0.3 is 15.0 Å². The van der Waals surface area contributed by atoms with Gasteiger partial charge in [-0.05, 0) is 64.5 Å². The summed E-state index contributed by atoms with van der Waals surface area (Å²) in [6, 6.07) is 25.1. The van der Waals surface area contributed by atoms with Gasteiger partial charge in [-0.25, -0.2) is 16.8 Å². The third-order valence-electron chi connectivity index (χ3n) is 7.70. The fourth-order valence-corrected chi connectivity index (χ4v) is 8.18. The Labute approximate surface area is 333 Å². The monoisotopic (exact) mass is 801 g/mol. The minimum atomic E-state index is -5.32. The summed E-state index contributed by atoms with van der Waals surface area (Å²) in [4.78, 5) is 21.5. The second kappa shape index (κ2) is 16.2. The van der Waals surface area contributed by atoms with E-state index in [-0.39, 0.29) is 79.5 Å². The van der Waals surface area contributed by atoms with E-state index in [0.29, 0.717) is 5.56 Å². The molecule has 0 bridgehead atoms. The molecular weight excluding hydrogens is 780 g/mol. The van der Waals surface area contributed by atoms with E-state index in [2.05, 4.69) is 30.5 Å². The summed E-state index contributed by atoms with van der Waals surface area (Å²) in [6.07, 6.45) is 0. The summed E-state index contributed by atoms with van der Waals surface area (Å²) in [5, 5.41) is 32.9. The van der Waals surface area contributed by atoms with Gasteiger partial charge in [-0.3, -0.25) is 10.1 Å². The molecule has 1 unspecified atom stereocenters. The Hall–Kier alpha value is -4.59. The van der Waals surface area contributed by atoms with Gasteiger partial charge in [0.15, 0.2) is 15.6 Å². The molecule has 15 nitrogen and oxygen atoms in total. The number of aromatic hydroxyl groups is 1. The molecule has 264 valence electrons. The van der Waals surface area contributed by atoms with Crippen LogP contribution in [0, 0.1) is 10.1 Å². The predicted octanol–water partition coefficient (Wildman–Crippen LogP) is 4.62. The first-order valence-corrected chi connectivity index (χ1v) is 18.6. The molecule has 5 aromatic carbocycles. The Balaban J connectivity index is 0.00000541. The average Bonchev–Trinajstić information content (AvgIpc) is 3.10. The number of benzene rings is 5. The van der Waals surface area contributed by atoms with Crippen LogP contribution in [0.2, 0.25) is 10.6 Å². The van der Waals surface area contributed by atoms with E-state index in [0.717, 1.165) is 18.2 Å². The van der Waals surface area contributed by atoms with Crippen LogP contribution in [0.15, 0.2) is 123 Å². The van der Waals surface area contributed by atoms with Crippen LogP contribution in [0.3, 0.4) is 0 Å². The van der Waals surface area contributed by atoms with Crippen molar-refractivity contribution in [2.75, 3.05) is 11.1 Å². The van der Waals surface area contributed by atoms with Crippen LogP contribution in [0.4, 0.5) is 28.7 Å². The van der Waals surface area contributed by atoms with Crippen LogP contribution < -0.4 is 34.9 Å². The molecule has 0 amide bonds. The van der Waals surface area contributed by atoms with Gasteiger partial charge in [0.25, 0.3) is 5.69 Å². The van der Waals surface area contributed by atoms with Crippen molar-refractivity contribution in [3.05, 3.63) is 135 Å². The molecule has 0 radical (unpaired) electrons. The largest absolute Gasteiger partial charge is 1.00 e. The van der Waals surface area contributed by atoms with Crippen molar-refractivity contribution in [2.45, 2.75) is 15.7 Å². The molecule has 0 spiro atoms. The molecule has 0 saturated heterocycles. The van der Waals surface area contributed by atoms with Crippen LogP contribution in [-0.2, 0) is 20.0 Å². The number of hydrogen-bond donors (Lipinski definition) is 2. The van der Waals surface area contributed by atoms with E-state index in [1.54, 1.807) is 66.7 Å². The maximum Gasteiger partial charge on any atom is 1.00 e. The average molecular weight is 803 g/mol. The summed E-state index contributed by atoms with van der Waals surface area (Å²) < 4.78 is 66.5. The molecule has 0 aliphatic rings. The second-order valence-electron chi connectivity index (χ2n) is 11.0. The molecule has 20 heteroatoms. The van der Waals surface area contributed by atoms with Crippen molar-refractivity contribution >= 4 is 82.6 Å². The molecule has 6 aromatic rings. The third-order valence-corrected chi connectivity index (χ3v) is 10.7. The Morgan fingerprint density at radius 1 is 0.811 bits per heavy atom. The van der Waals surface area contributed by atoms with Crippen molar-refractivity contribution in [3.63, 3.8) is 0 Å². The number of azo groups is 1. The van der Waals surface area contributed by atoms with Gasteiger partial charge in [0.1, 0.15) is 15.8 Å². The van der Waals surface area contributed by atoms with Gasteiger partial charge in [0, 0.05) is 22.9 Å². The summed E-state index contributed by atoms with van der Waals surface area (Å²) in [5.74, 6) is -2.93. The number of aromatic nitrogens is 3. The van der Waals surface area contributed by atoms with Crippen LogP contribution in [0.5, 0.6) is 5.75 Å². The Morgan fingerprint density at radius 2 is 1.40 bits per heavy atom. The Morgan fingerprint density at radius 3 is 2.02 bits per heavy atom. The molecular formula is C33H22Cl2N7NaO8S2. The Bertz CT molecular complexity index is 2590. The molecule has 6 rings (SSSR count). The normalized spacial score (nSPS) is 12.4. The van der Waals surface area contributed by atoms with Gasteiger partial charge in [-0.15, -0.1) is 5.11 Å². The van der Waals surface area contributed by atoms with Crippen LogP contribution in [-0.4, -0.2) is 52.1 Å². The van der Waals surface area contributed by atoms with Gasteiger partial charge in [-0.2, -0.15) is 20.1 Å². The number of halogens is 2. The van der Waals surface area contributed by atoms with E-state index >= 15 is 0 Å². The fraction of sp³-hybridized carbons (Fsp3) is 0.0606. The maximum atomic E-state index is 14.6. The number of phenolic OH excluding ortho intramolecular Hbond substituents is 1. The van der Waals surface area contributed by atoms with Gasteiger partial charge in [0.2, 0.25) is 16.5 Å². The third kappa shape index (κ3) is 8.97. The Kier molecular flexibility index (Phi) is 12.1. The van der Waals surface area contributed by atoms with Crippen molar-refractivity contribution in [2.24, 2.45) is 10.2 Å². The summed E-state index contributed by atoms with van der Waals surface area (Å²) in [7, 11) is -9.87. The predicted molar refractivity (Wildman–Crippen MR) is 191 cm³/mol. The smallest absolute Gasteiger partial charge is 0.744 e. The zero-order chi connectivity index (χ0) is 37.2. The van der Waals surface area contributed by atoms with Crippen LogP contribution in [0.1, 0.15) is 17.0 Å². The molecule has 0 aliphatic carbocycles. The van der Waals surface area contributed by atoms with E-state index in [4.69, 9.17) is 23.2 Å². The van der Waals surface area contributed by atoms with Gasteiger partial charge in [0.05, 0.1) is 31.8 Å². The molecule has 0 fully saturated rings. The quantitative estimate of drug-likeness (QED) is 0.0601. The second-order valence-corrected chi connectivity index (χ2v) is 15.0. The molecule has 1 atom stereocenters. The van der Waals surface area contributed by atoms with E-state index in [1.165, 1.54) is 18.2 Å². The first-order valence-electron chi connectivity index (χ1n) is 14.8. The number of para-hydroxylation sites is 1.